The van der Waals surface area contributed by atoms with E-state index >= 15 is 0 Å². The molecule has 0 saturated heterocycles. The van der Waals surface area contributed by atoms with Crippen molar-refractivity contribution in [3.63, 3.8) is 0 Å². The summed E-state index contributed by atoms with van der Waals surface area (Å²) in [5, 5.41) is 6.17. The molecule has 112 valence electrons. The highest BCUT2D eigenvalue weighted by atomic mass is 79.9. The van der Waals surface area contributed by atoms with E-state index in [0.29, 0.717) is 21.8 Å². The van der Waals surface area contributed by atoms with Gasteiger partial charge in [0.2, 0.25) is 0 Å². The van der Waals surface area contributed by atoms with Crippen molar-refractivity contribution in [2.24, 2.45) is 0 Å². The van der Waals surface area contributed by atoms with Gasteiger partial charge in [0.25, 0.3) is 0 Å². The van der Waals surface area contributed by atoms with Gasteiger partial charge >= 0.3 is 0 Å². The Bertz CT molecular complexity index is 631. The third-order valence-electron chi connectivity index (χ3n) is 2.81. The van der Waals surface area contributed by atoms with Crippen LogP contribution in [-0.4, -0.2) is 16.5 Å². The molecule has 0 fully saturated rings. The number of hydrogen-bond acceptors (Lipinski definition) is 4. The fourth-order valence-electron chi connectivity index (χ4n) is 1.79. The first-order valence-electron chi connectivity index (χ1n) is 6.84. The van der Waals surface area contributed by atoms with Crippen molar-refractivity contribution in [3.05, 3.63) is 40.4 Å². The van der Waals surface area contributed by atoms with Crippen LogP contribution in [0, 0.1) is 5.82 Å². The fraction of sp³-hybridized carbons (Fsp3) is 0.333. The maximum absolute atomic E-state index is 13.9. The normalized spacial score (nSPS) is 10.8. The fourth-order valence-corrected chi connectivity index (χ4v) is 2.12. The molecule has 0 bridgehead atoms. The molecule has 0 aliphatic carbocycles. The summed E-state index contributed by atoms with van der Waals surface area (Å²) in [5.74, 6) is 1.88. The highest BCUT2D eigenvalue weighted by Gasteiger charge is 2.10. The molecule has 4 nitrogen and oxygen atoms in total. The minimum Gasteiger partial charge on any atom is -0.370 e. The van der Waals surface area contributed by atoms with E-state index in [1.54, 1.807) is 18.2 Å². The predicted octanol–water partition coefficient (Wildman–Crippen LogP) is 4.68. The molecule has 6 heteroatoms. The van der Waals surface area contributed by atoms with Crippen LogP contribution in [0.2, 0.25) is 0 Å². The van der Waals surface area contributed by atoms with Gasteiger partial charge in [-0.3, -0.25) is 0 Å². The van der Waals surface area contributed by atoms with E-state index in [1.165, 1.54) is 6.07 Å². The van der Waals surface area contributed by atoms with Gasteiger partial charge in [-0.1, -0.05) is 29.8 Å². The molecule has 0 aliphatic heterocycles. The van der Waals surface area contributed by atoms with E-state index in [4.69, 9.17) is 0 Å². The molecule has 1 heterocycles. The van der Waals surface area contributed by atoms with Crippen LogP contribution in [0.15, 0.2) is 28.7 Å². The molecule has 0 spiro atoms. The smallest absolute Gasteiger partial charge is 0.147 e. The zero-order valence-electron chi connectivity index (χ0n) is 12.2. The number of benzene rings is 1. The summed E-state index contributed by atoms with van der Waals surface area (Å²) in [6.07, 6.45) is 0. The first-order chi connectivity index (χ1) is 9.99. The Morgan fingerprint density at radius 2 is 1.90 bits per heavy atom. The molecule has 0 atom stereocenters. The van der Waals surface area contributed by atoms with Crippen molar-refractivity contribution in [2.45, 2.75) is 26.7 Å². The number of nitrogens with one attached hydrogen (secondary N) is 2. The Labute approximate surface area is 132 Å². The van der Waals surface area contributed by atoms with Gasteiger partial charge in [-0.2, -0.15) is 0 Å². The Hall–Kier alpha value is -1.69. The predicted molar refractivity (Wildman–Crippen MR) is 87.7 cm³/mol. The Kier molecular flexibility index (Phi) is 5.12. The summed E-state index contributed by atoms with van der Waals surface area (Å²) in [5.41, 5.74) is 0.383. The van der Waals surface area contributed by atoms with Crippen LogP contribution in [-0.2, 0) is 0 Å². The molecule has 0 unspecified atom stereocenters. The van der Waals surface area contributed by atoms with Crippen molar-refractivity contribution < 1.29 is 4.39 Å². The minimum atomic E-state index is -0.334. The molecule has 0 amide bonds. The van der Waals surface area contributed by atoms with Gasteiger partial charge in [-0.25, -0.2) is 14.4 Å². The van der Waals surface area contributed by atoms with Crippen LogP contribution < -0.4 is 10.6 Å². The summed E-state index contributed by atoms with van der Waals surface area (Å²) in [7, 11) is 0. The number of anilines is 3. The molecule has 0 aliphatic rings. The third kappa shape index (κ3) is 4.14. The first kappa shape index (κ1) is 15.7. The van der Waals surface area contributed by atoms with Crippen LogP contribution in [0.4, 0.5) is 21.7 Å². The maximum atomic E-state index is 13.9. The number of hydrogen-bond donors (Lipinski definition) is 2. The van der Waals surface area contributed by atoms with Gasteiger partial charge in [0.1, 0.15) is 23.3 Å². The van der Waals surface area contributed by atoms with E-state index in [-0.39, 0.29) is 11.7 Å². The standard InChI is InChI=1S/C15H18BrFN4/c1-4-18-13-8-14(21-15(20-13)9(2)3)19-12-6-5-10(16)7-11(12)17/h5-9H,4H2,1-3H3,(H2,18,19,20,21). The van der Waals surface area contributed by atoms with Gasteiger partial charge < -0.3 is 10.6 Å². The molecular formula is C15H18BrFN4. The molecule has 2 aromatic rings. The molecule has 1 aromatic heterocycles. The van der Waals surface area contributed by atoms with Crippen molar-refractivity contribution in [3.8, 4) is 0 Å². The van der Waals surface area contributed by atoms with Gasteiger partial charge in [0, 0.05) is 23.0 Å². The lowest BCUT2D eigenvalue weighted by molar-refractivity contribution is 0.631. The second-order valence-corrected chi connectivity index (χ2v) is 5.85. The highest BCUT2D eigenvalue weighted by Crippen LogP contribution is 2.24. The molecule has 2 rings (SSSR count). The SMILES string of the molecule is CCNc1cc(Nc2ccc(Br)cc2F)nc(C(C)C)n1. The quantitative estimate of drug-likeness (QED) is 0.820. The number of halogens is 2. The van der Waals surface area contributed by atoms with Crippen molar-refractivity contribution in [2.75, 3.05) is 17.2 Å². The Morgan fingerprint density at radius 3 is 2.52 bits per heavy atom. The van der Waals surface area contributed by atoms with Gasteiger partial charge in [0.05, 0.1) is 5.69 Å². The van der Waals surface area contributed by atoms with Crippen LogP contribution in [0.1, 0.15) is 32.5 Å². The van der Waals surface area contributed by atoms with E-state index in [9.17, 15) is 4.39 Å². The summed E-state index contributed by atoms with van der Waals surface area (Å²) in [6, 6.07) is 6.64. The monoisotopic (exact) mass is 352 g/mol. The van der Waals surface area contributed by atoms with Gasteiger partial charge in [0.15, 0.2) is 0 Å². The highest BCUT2D eigenvalue weighted by molar-refractivity contribution is 9.10. The molecule has 0 radical (unpaired) electrons. The zero-order valence-corrected chi connectivity index (χ0v) is 13.8. The second kappa shape index (κ2) is 6.85. The molecule has 21 heavy (non-hydrogen) atoms. The maximum Gasteiger partial charge on any atom is 0.147 e. The second-order valence-electron chi connectivity index (χ2n) is 4.93. The number of nitrogens with zero attached hydrogens (tertiary/aromatic N) is 2. The summed E-state index contributed by atoms with van der Waals surface area (Å²) >= 11 is 3.24. The molecule has 2 N–H and O–H groups in total. The zero-order chi connectivity index (χ0) is 15.4. The topological polar surface area (TPSA) is 49.8 Å². The van der Waals surface area contributed by atoms with Crippen molar-refractivity contribution >= 4 is 33.3 Å². The van der Waals surface area contributed by atoms with E-state index in [1.807, 2.05) is 20.8 Å². The van der Waals surface area contributed by atoms with Crippen molar-refractivity contribution in [1.29, 1.82) is 0 Å². The number of aromatic nitrogens is 2. The Morgan fingerprint density at radius 1 is 1.19 bits per heavy atom. The van der Waals surface area contributed by atoms with Gasteiger partial charge in [-0.05, 0) is 25.1 Å². The van der Waals surface area contributed by atoms with E-state index in [2.05, 4.69) is 36.5 Å². The number of rotatable bonds is 5. The third-order valence-corrected chi connectivity index (χ3v) is 3.30. The molecule has 0 saturated carbocycles. The summed E-state index contributed by atoms with van der Waals surface area (Å²) in [4.78, 5) is 8.87. The van der Waals surface area contributed by atoms with Crippen molar-refractivity contribution in [1.82, 2.24) is 9.97 Å². The van der Waals surface area contributed by atoms with Crippen LogP contribution in [0.3, 0.4) is 0 Å². The van der Waals surface area contributed by atoms with Crippen LogP contribution in [0.5, 0.6) is 0 Å². The molecule has 1 aromatic carbocycles. The van der Waals surface area contributed by atoms with E-state index in [0.717, 1.165) is 12.4 Å². The lowest BCUT2D eigenvalue weighted by Crippen LogP contribution is -2.07. The van der Waals surface area contributed by atoms with Gasteiger partial charge in [-0.15, -0.1) is 0 Å². The van der Waals surface area contributed by atoms with E-state index < -0.39 is 0 Å². The van der Waals surface area contributed by atoms with Crippen LogP contribution in [0.25, 0.3) is 0 Å². The lowest BCUT2D eigenvalue weighted by atomic mass is 10.2. The first-order valence-corrected chi connectivity index (χ1v) is 7.63. The minimum absolute atomic E-state index is 0.193. The van der Waals surface area contributed by atoms with Crippen LogP contribution >= 0.6 is 15.9 Å². The summed E-state index contributed by atoms with van der Waals surface area (Å²) in [6.45, 7) is 6.81. The lowest BCUT2D eigenvalue weighted by Gasteiger charge is -2.12. The summed E-state index contributed by atoms with van der Waals surface area (Å²) < 4.78 is 14.6. The Balaban J connectivity index is 2.33. The largest absolute Gasteiger partial charge is 0.370 e. The molecular weight excluding hydrogens is 335 g/mol. The average molecular weight is 353 g/mol. The average Bonchev–Trinajstić information content (AvgIpc) is 2.42.